The van der Waals surface area contributed by atoms with Gasteiger partial charge in [-0.25, -0.2) is 0 Å². The Balaban J connectivity index is 2.35. The zero-order valence-corrected chi connectivity index (χ0v) is 9.21. The molecule has 1 fully saturated rings. The Hall–Kier alpha value is -0.0800. The fourth-order valence-corrected chi connectivity index (χ4v) is 2.38. The minimum absolute atomic E-state index is 0.281. The number of nitrogens with zero attached hydrogens (tertiary/aromatic N) is 1. The third-order valence-electron chi connectivity index (χ3n) is 3.49. The molecule has 0 heterocycles. The predicted octanol–water partition coefficient (Wildman–Crippen LogP) is 1.74. The highest BCUT2D eigenvalue weighted by atomic mass is 16.3. The second kappa shape index (κ2) is 4.43. The highest BCUT2D eigenvalue weighted by Gasteiger charge is 2.34. The molecule has 1 aliphatic rings. The predicted molar refractivity (Wildman–Crippen MR) is 55.7 cm³/mol. The zero-order valence-electron chi connectivity index (χ0n) is 9.21. The van der Waals surface area contributed by atoms with E-state index in [0.29, 0.717) is 5.41 Å². The van der Waals surface area contributed by atoms with Crippen LogP contribution in [0, 0.1) is 11.3 Å². The van der Waals surface area contributed by atoms with E-state index in [1.54, 1.807) is 0 Å². The van der Waals surface area contributed by atoms with Crippen LogP contribution in [0.4, 0.5) is 0 Å². The molecule has 0 bridgehead atoms. The molecule has 0 aromatic rings. The molecule has 13 heavy (non-hydrogen) atoms. The molecule has 1 unspecified atom stereocenters. The van der Waals surface area contributed by atoms with Crippen LogP contribution in [0.25, 0.3) is 0 Å². The molecule has 0 spiro atoms. The third-order valence-corrected chi connectivity index (χ3v) is 3.49. The number of aliphatic hydroxyl groups excluding tert-OH is 1. The average molecular weight is 185 g/mol. The molecule has 1 N–H and O–H groups in total. The number of hydrogen-bond donors (Lipinski definition) is 1. The maximum absolute atomic E-state index is 8.80. The SMILES string of the molecule is CN(CCO)CC1CCCC1(C)C. The Bertz CT molecular complexity index is 156. The first-order valence-electron chi connectivity index (χ1n) is 5.35. The molecule has 0 radical (unpaired) electrons. The van der Waals surface area contributed by atoms with Crippen molar-refractivity contribution in [3.63, 3.8) is 0 Å². The van der Waals surface area contributed by atoms with Gasteiger partial charge in [0.1, 0.15) is 0 Å². The maximum atomic E-state index is 8.80. The van der Waals surface area contributed by atoms with Crippen LogP contribution in [0.15, 0.2) is 0 Å². The molecular formula is C11H23NO. The van der Waals surface area contributed by atoms with E-state index in [-0.39, 0.29) is 6.61 Å². The second-order valence-electron chi connectivity index (χ2n) is 5.06. The molecule has 0 aliphatic heterocycles. The van der Waals surface area contributed by atoms with E-state index < -0.39 is 0 Å². The van der Waals surface area contributed by atoms with Gasteiger partial charge in [-0.15, -0.1) is 0 Å². The summed E-state index contributed by atoms with van der Waals surface area (Å²) in [5.74, 6) is 0.823. The van der Waals surface area contributed by atoms with Crippen LogP contribution >= 0.6 is 0 Å². The molecular weight excluding hydrogens is 162 g/mol. The van der Waals surface area contributed by atoms with Crippen LogP contribution in [0.5, 0.6) is 0 Å². The first kappa shape index (κ1) is 11.0. The van der Waals surface area contributed by atoms with Crippen molar-refractivity contribution in [3.05, 3.63) is 0 Å². The fraction of sp³-hybridized carbons (Fsp3) is 1.00. The van der Waals surface area contributed by atoms with Crippen LogP contribution in [0.2, 0.25) is 0 Å². The molecule has 2 nitrogen and oxygen atoms in total. The van der Waals surface area contributed by atoms with Crippen LogP contribution < -0.4 is 0 Å². The third kappa shape index (κ3) is 2.96. The highest BCUT2D eigenvalue weighted by molar-refractivity contribution is 4.86. The average Bonchev–Trinajstić information content (AvgIpc) is 2.31. The van der Waals surface area contributed by atoms with Crippen molar-refractivity contribution in [2.45, 2.75) is 33.1 Å². The fourth-order valence-electron chi connectivity index (χ4n) is 2.38. The summed E-state index contributed by atoms with van der Waals surface area (Å²) >= 11 is 0. The lowest BCUT2D eigenvalue weighted by Crippen LogP contribution is -2.33. The van der Waals surface area contributed by atoms with Gasteiger partial charge < -0.3 is 10.0 Å². The normalized spacial score (nSPS) is 27.0. The van der Waals surface area contributed by atoms with Crippen molar-refractivity contribution < 1.29 is 5.11 Å². The zero-order chi connectivity index (χ0) is 9.90. The van der Waals surface area contributed by atoms with E-state index in [9.17, 15) is 0 Å². The summed E-state index contributed by atoms with van der Waals surface area (Å²) in [5.41, 5.74) is 0.518. The lowest BCUT2D eigenvalue weighted by atomic mass is 9.82. The van der Waals surface area contributed by atoms with Crippen molar-refractivity contribution in [2.75, 3.05) is 26.7 Å². The largest absolute Gasteiger partial charge is 0.395 e. The smallest absolute Gasteiger partial charge is 0.0558 e. The molecule has 0 amide bonds. The van der Waals surface area contributed by atoms with Gasteiger partial charge in [-0.1, -0.05) is 20.3 Å². The molecule has 1 rings (SSSR count). The summed E-state index contributed by atoms with van der Waals surface area (Å²) in [4.78, 5) is 2.25. The van der Waals surface area contributed by atoms with E-state index in [2.05, 4.69) is 25.8 Å². The van der Waals surface area contributed by atoms with Crippen molar-refractivity contribution in [3.8, 4) is 0 Å². The van der Waals surface area contributed by atoms with E-state index in [4.69, 9.17) is 5.11 Å². The Morgan fingerprint density at radius 1 is 1.46 bits per heavy atom. The van der Waals surface area contributed by atoms with E-state index >= 15 is 0 Å². The van der Waals surface area contributed by atoms with Gasteiger partial charge in [0.15, 0.2) is 0 Å². The van der Waals surface area contributed by atoms with Crippen LogP contribution in [0.1, 0.15) is 33.1 Å². The van der Waals surface area contributed by atoms with Crippen molar-refractivity contribution in [2.24, 2.45) is 11.3 Å². The van der Waals surface area contributed by atoms with Gasteiger partial charge in [-0.3, -0.25) is 0 Å². The topological polar surface area (TPSA) is 23.5 Å². The van der Waals surface area contributed by atoms with E-state index in [0.717, 1.165) is 19.0 Å². The molecule has 78 valence electrons. The van der Waals surface area contributed by atoms with Crippen LogP contribution in [0.3, 0.4) is 0 Å². The highest BCUT2D eigenvalue weighted by Crippen LogP contribution is 2.42. The van der Waals surface area contributed by atoms with Gasteiger partial charge in [0.05, 0.1) is 6.61 Å². The Morgan fingerprint density at radius 2 is 2.15 bits per heavy atom. The van der Waals surface area contributed by atoms with Gasteiger partial charge in [0.2, 0.25) is 0 Å². The van der Waals surface area contributed by atoms with Crippen molar-refractivity contribution in [1.82, 2.24) is 4.90 Å². The monoisotopic (exact) mass is 185 g/mol. The summed E-state index contributed by atoms with van der Waals surface area (Å²) in [6, 6.07) is 0. The number of hydrogen-bond acceptors (Lipinski definition) is 2. The Labute approximate surface area is 81.9 Å². The molecule has 0 aromatic heterocycles. The number of rotatable bonds is 4. The summed E-state index contributed by atoms with van der Waals surface area (Å²) in [7, 11) is 2.10. The maximum Gasteiger partial charge on any atom is 0.0558 e. The Kier molecular flexibility index (Phi) is 3.74. The Morgan fingerprint density at radius 3 is 2.62 bits per heavy atom. The summed E-state index contributed by atoms with van der Waals surface area (Å²) in [6.45, 7) is 6.98. The van der Waals surface area contributed by atoms with Crippen molar-refractivity contribution in [1.29, 1.82) is 0 Å². The van der Waals surface area contributed by atoms with Gasteiger partial charge >= 0.3 is 0 Å². The minimum Gasteiger partial charge on any atom is -0.395 e. The summed E-state index contributed by atoms with van der Waals surface area (Å²) in [6.07, 6.45) is 4.11. The summed E-state index contributed by atoms with van der Waals surface area (Å²) in [5, 5.41) is 8.80. The second-order valence-corrected chi connectivity index (χ2v) is 5.06. The van der Waals surface area contributed by atoms with E-state index in [1.807, 2.05) is 0 Å². The van der Waals surface area contributed by atoms with Gasteiger partial charge in [-0.2, -0.15) is 0 Å². The van der Waals surface area contributed by atoms with Crippen LogP contribution in [-0.4, -0.2) is 36.8 Å². The molecule has 0 saturated heterocycles. The molecule has 1 aliphatic carbocycles. The van der Waals surface area contributed by atoms with Gasteiger partial charge in [0, 0.05) is 13.1 Å². The van der Waals surface area contributed by atoms with E-state index in [1.165, 1.54) is 19.3 Å². The first-order chi connectivity index (χ1) is 6.06. The minimum atomic E-state index is 0.281. The number of likely N-dealkylation sites (N-methyl/N-ethyl adjacent to an activating group) is 1. The lowest BCUT2D eigenvalue weighted by Gasteiger charge is -2.30. The molecule has 2 heteroatoms. The molecule has 0 aromatic carbocycles. The molecule has 1 saturated carbocycles. The number of aliphatic hydroxyl groups is 1. The standard InChI is InChI=1S/C11H23NO/c1-11(2)6-4-5-10(11)9-12(3)7-8-13/h10,13H,4-9H2,1-3H3. The van der Waals surface area contributed by atoms with Crippen LogP contribution in [-0.2, 0) is 0 Å². The lowest BCUT2D eigenvalue weighted by molar-refractivity contribution is 0.157. The van der Waals surface area contributed by atoms with Gasteiger partial charge in [0.25, 0.3) is 0 Å². The molecule has 1 atom stereocenters. The summed E-state index contributed by atoms with van der Waals surface area (Å²) < 4.78 is 0. The van der Waals surface area contributed by atoms with Gasteiger partial charge in [-0.05, 0) is 31.2 Å². The van der Waals surface area contributed by atoms with Crippen molar-refractivity contribution >= 4 is 0 Å². The quantitative estimate of drug-likeness (QED) is 0.721. The first-order valence-corrected chi connectivity index (χ1v) is 5.35.